The standard InChI is InChI=1S/C26H38N4O3/c1-20(2)17-23(31)28-15-11-26(12-16-28)25(33)29(19-30(26)22-7-5-4-6-8-22)18-24(32)27-13-9-21(3)10-14-27/h4-8,20-21H,9-19H2,1-3H3. The third kappa shape index (κ3) is 4.87. The van der Waals surface area contributed by atoms with Gasteiger partial charge in [0.2, 0.25) is 11.8 Å². The molecule has 7 heteroatoms. The number of benzene rings is 1. The van der Waals surface area contributed by atoms with Crippen LogP contribution < -0.4 is 4.90 Å². The third-order valence-electron chi connectivity index (χ3n) is 7.57. The molecule has 0 N–H and O–H groups in total. The first-order chi connectivity index (χ1) is 15.8. The van der Waals surface area contributed by atoms with Gasteiger partial charge in [0.1, 0.15) is 12.1 Å². The predicted octanol–water partition coefficient (Wildman–Crippen LogP) is 2.96. The lowest BCUT2D eigenvalue weighted by molar-refractivity contribution is -0.142. The highest BCUT2D eigenvalue weighted by atomic mass is 16.2. The quantitative estimate of drug-likeness (QED) is 0.686. The summed E-state index contributed by atoms with van der Waals surface area (Å²) in [6, 6.07) is 10.0. The summed E-state index contributed by atoms with van der Waals surface area (Å²) in [5, 5.41) is 0. The second-order valence-corrected chi connectivity index (χ2v) is 10.5. The average molecular weight is 455 g/mol. The lowest BCUT2D eigenvalue weighted by Crippen LogP contribution is -2.57. The number of hydrogen-bond acceptors (Lipinski definition) is 4. The lowest BCUT2D eigenvalue weighted by atomic mass is 9.85. The minimum absolute atomic E-state index is 0.0287. The maximum atomic E-state index is 13.8. The second kappa shape index (κ2) is 9.74. The van der Waals surface area contributed by atoms with Crippen molar-refractivity contribution in [2.24, 2.45) is 11.8 Å². The van der Waals surface area contributed by atoms with Gasteiger partial charge in [0.05, 0.1) is 6.67 Å². The van der Waals surface area contributed by atoms with Crippen LogP contribution in [0, 0.1) is 11.8 Å². The first-order valence-corrected chi connectivity index (χ1v) is 12.5. The van der Waals surface area contributed by atoms with Gasteiger partial charge in [-0.1, -0.05) is 39.0 Å². The zero-order valence-corrected chi connectivity index (χ0v) is 20.3. The summed E-state index contributed by atoms with van der Waals surface area (Å²) < 4.78 is 0. The molecule has 3 aliphatic rings. The molecule has 0 aliphatic carbocycles. The van der Waals surface area contributed by atoms with E-state index in [1.165, 1.54) is 0 Å². The van der Waals surface area contributed by atoms with Crippen LogP contribution in [-0.4, -0.2) is 77.4 Å². The summed E-state index contributed by atoms with van der Waals surface area (Å²) in [7, 11) is 0. The van der Waals surface area contributed by atoms with Crippen LogP contribution in [0.1, 0.15) is 52.9 Å². The average Bonchev–Trinajstić information content (AvgIpc) is 3.06. The molecule has 4 rings (SSSR count). The van der Waals surface area contributed by atoms with Gasteiger partial charge in [-0.15, -0.1) is 0 Å². The molecule has 0 unspecified atom stereocenters. The molecule has 33 heavy (non-hydrogen) atoms. The fraction of sp³-hybridized carbons (Fsp3) is 0.654. The van der Waals surface area contributed by atoms with Crippen LogP contribution in [0.3, 0.4) is 0 Å². The van der Waals surface area contributed by atoms with E-state index in [1.807, 2.05) is 40.1 Å². The molecule has 3 heterocycles. The van der Waals surface area contributed by atoms with Crippen LogP contribution in [0.15, 0.2) is 30.3 Å². The van der Waals surface area contributed by atoms with Crippen molar-refractivity contribution in [1.29, 1.82) is 0 Å². The monoisotopic (exact) mass is 454 g/mol. The SMILES string of the molecule is CC(C)CC(=O)N1CCC2(CC1)C(=O)N(CC(=O)N1CCC(C)CC1)CN2c1ccccc1. The number of carbonyl (C=O) groups is 3. The van der Waals surface area contributed by atoms with E-state index in [2.05, 4.69) is 25.7 Å². The van der Waals surface area contributed by atoms with Gasteiger partial charge < -0.3 is 19.6 Å². The number of rotatable bonds is 5. The Hall–Kier alpha value is -2.57. The largest absolute Gasteiger partial charge is 0.342 e. The van der Waals surface area contributed by atoms with E-state index in [-0.39, 0.29) is 24.3 Å². The van der Waals surface area contributed by atoms with Crippen LogP contribution in [0.25, 0.3) is 0 Å². The van der Waals surface area contributed by atoms with Crippen LogP contribution in [-0.2, 0) is 14.4 Å². The molecule has 3 aliphatic heterocycles. The smallest absolute Gasteiger partial charge is 0.250 e. The van der Waals surface area contributed by atoms with Crippen molar-refractivity contribution in [3.8, 4) is 0 Å². The number of hydrogen-bond donors (Lipinski definition) is 0. The number of anilines is 1. The lowest BCUT2D eigenvalue weighted by Gasteiger charge is -2.43. The third-order valence-corrected chi connectivity index (χ3v) is 7.57. The van der Waals surface area contributed by atoms with Crippen molar-refractivity contribution in [3.05, 3.63) is 30.3 Å². The Morgan fingerprint density at radius 2 is 1.58 bits per heavy atom. The molecule has 1 spiro atoms. The number of para-hydroxylation sites is 1. The zero-order chi connectivity index (χ0) is 23.6. The molecule has 0 bridgehead atoms. The van der Waals surface area contributed by atoms with Crippen molar-refractivity contribution in [2.75, 3.05) is 44.3 Å². The number of carbonyl (C=O) groups excluding carboxylic acids is 3. The van der Waals surface area contributed by atoms with E-state index in [1.54, 1.807) is 4.90 Å². The number of amides is 3. The Morgan fingerprint density at radius 1 is 0.970 bits per heavy atom. The van der Waals surface area contributed by atoms with E-state index in [9.17, 15) is 14.4 Å². The van der Waals surface area contributed by atoms with Gasteiger partial charge in [-0.25, -0.2) is 0 Å². The molecule has 3 fully saturated rings. The van der Waals surface area contributed by atoms with Crippen molar-refractivity contribution < 1.29 is 14.4 Å². The summed E-state index contributed by atoms with van der Waals surface area (Å²) in [6.07, 6.45) is 3.78. The molecule has 7 nitrogen and oxygen atoms in total. The van der Waals surface area contributed by atoms with Crippen molar-refractivity contribution >= 4 is 23.4 Å². The van der Waals surface area contributed by atoms with Crippen molar-refractivity contribution in [3.63, 3.8) is 0 Å². The molecular weight excluding hydrogens is 416 g/mol. The summed E-state index contributed by atoms with van der Waals surface area (Å²) in [5.74, 6) is 1.22. The molecule has 0 aromatic heterocycles. The van der Waals surface area contributed by atoms with E-state index in [0.717, 1.165) is 31.6 Å². The fourth-order valence-electron chi connectivity index (χ4n) is 5.45. The molecule has 0 radical (unpaired) electrons. The van der Waals surface area contributed by atoms with Crippen LogP contribution in [0.5, 0.6) is 0 Å². The van der Waals surface area contributed by atoms with E-state index >= 15 is 0 Å². The fourth-order valence-corrected chi connectivity index (χ4v) is 5.45. The Balaban J connectivity index is 1.50. The number of piperidine rings is 2. The Kier molecular flexibility index (Phi) is 6.96. The molecule has 0 atom stereocenters. The van der Waals surface area contributed by atoms with Gasteiger partial charge in [-0.2, -0.15) is 0 Å². The first kappa shape index (κ1) is 23.6. The minimum atomic E-state index is -0.688. The zero-order valence-electron chi connectivity index (χ0n) is 20.3. The summed E-state index contributed by atoms with van der Waals surface area (Å²) in [6.45, 7) is 9.60. The Morgan fingerprint density at radius 3 is 2.18 bits per heavy atom. The molecule has 3 saturated heterocycles. The molecular formula is C26H38N4O3. The normalized spacial score (nSPS) is 21.4. The van der Waals surface area contributed by atoms with Gasteiger partial charge in [-0.3, -0.25) is 14.4 Å². The summed E-state index contributed by atoms with van der Waals surface area (Å²) in [4.78, 5) is 47.2. The topological polar surface area (TPSA) is 64.2 Å². The van der Waals surface area contributed by atoms with Gasteiger partial charge in [0, 0.05) is 38.3 Å². The molecule has 3 amide bonds. The minimum Gasteiger partial charge on any atom is -0.342 e. The molecule has 180 valence electrons. The van der Waals surface area contributed by atoms with Crippen molar-refractivity contribution in [1.82, 2.24) is 14.7 Å². The maximum absolute atomic E-state index is 13.8. The molecule has 1 aromatic carbocycles. The van der Waals surface area contributed by atoms with Gasteiger partial charge in [0.25, 0.3) is 5.91 Å². The Bertz CT molecular complexity index is 856. The summed E-state index contributed by atoms with van der Waals surface area (Å²) in [5.41, 5.74) is 0.307. The number of nitrogens with zero attached hydrogens (tertiary/aromatic N) is 4. The van der Waals surface area contributed by atoms with E-state index in [4.69, 9.17) is 0 Å². The highest BCUT2D eigenvalue weighted by molar-refractivity contribution is 5.96. The van der Waals surface area contributed by atoms with Gasteiger partial charge in [-0.05, 0) is 49.7 Å². The summed E-state index contributed by atoms with van der Waals surface area (Å²) >= 11 is 0. The number of likely N-dealkylation sites (tertiary alicyclic amines) is 2. The van der Waals surface area contributed by atoms with Gasteiger partial charge in [0.15, 0.2) is 0 Å². The predicted molar refractivity (Wildman–Crippen MR) is 128 cm³/mol. The van der Waals surface area contributed by atoms with Crippen LogP contribution in [0.2, 0.25) is 0 Å². The highest BCUT2D eigenvalue weighted by Crippen LogP contribution is 2.39. The maximum Gasteiger partial charge on any atom is 0.250 e. The second-order valence-electron chi connectivity index (χ2n) is 10.5. The van der Waals surface area contributed by atoms with Crippen LogP contribution >= 0.6 is 0 Å². The first-order valence-electron chi connectivity index (χ1n) is 12.5. The molecule has 0 saturated carbocycles. The van der Waals surface area contributed by atoms with Gasteiger partial charge >= 0.3 is 0 Å². The van der Waals surface area contributed by atoms with Crippen molar-refractivity contribution in [2.45, 2.75) is 58.4 Å². The highest BCUT2D eigenvalue weighted by Gasteiger charge is 2.54. The van der Waals surface area contributed by atoms with Crippen LogP contribution in [0.4, 0.5) is 5.69 Å². The Labute approximate surface area is 197 Å². The van der Waals surface area contributed by atoms with E-state index in [0.29, 0.717) is 50.9 Å². The van der Waals surface area contributed by atoms with E-state index < -0.39 is 5.54 Å². The molecule has 1 aromatic rings.